The third-order valence-electron chi connectivity index (χ3n) is 7.11. The van der Waals surface area contributed by atoms with Gasteiger partial charge in [0.25, 0.3) is 0 Å². The fourth-order valence-electron chi connectivity index (χ4n) is 5.68. The number of allylic oxidation sites excluding steroid dienone is 4. The summed E-state index contributed by atoms with van der Waals surface area (Å²) in [5.74, 6) is 1.16. The molecule has 5 aromatic rings. The van der Waals surface area contributed by atoms with Gasteiger partial charge in [-0.25, -0.2) is 0 Å². The van der Waals surface area contributed by atoms with Crippen LogP contribution in [-0.2, 0) is 6.42 Å². The van der Waals surface area contributed by atoms with E-state index in [0.29, 0.717) is 0 Å². The molecule has 0 radical (unpaired) electrons. The lowest BCUT2D eigenvalue weighted by molar-refractivity contribution is 0.542. The molecule has 2 aliphatic carbocycles. The van der Waals surface area contributed by atoms with E-state index in [-0.39, 0.29) is 0 Å². The van der Waals surface area contributed by atoms with Gasteiger partial charge in [0, 0.05) is 21.8 Å². The third-order valence-corrected chi connectivity index (χ3v) is 7.96. The van der Waals surface area contributed by atoms with E-state index in [2.05, 4.69) is 94.8 Å². The number of benzene rings is 4. The Morgan fingerprint density at radius 1 is 0.688 bits per heavy atom. The molecule has 154 valence electrons. The van der Waals surface area contributed by atoms with Gasteiger partial charge in [0.2, 0.25) is 0 Å². The van der Waals surface area contributed by atoms with Crippen LogP contribution in [0, 0.1) is 0 Å². The minimum atomic E-state index is 0.993. The highest BCUT2D eigenvalue weighted by Gasteiger charge is 2.25. The van der Waals surface area contributed by atoms with Crippen LogP contribution < -0.4 is 0 Å². The lowest BCUT2D eigenvalue weighted by atomic mass is 9.83. The molecule has 1 heterocycles. The molecule has 2 heteroatoms. The van der Waals surface area contributed by atoms with Crippen molar-refractivity contribution in [1.82, 2.24) is 0 Å². The highest BCUT2D eigenvalue weighted by atomic mass is 79.9. The van der Waals surface area contributed by atoms with E-state index in [1.165, 1.54) is 54.8 Å². The van der Waals surface area contributed by atoms with E-state index in [4.69, 9.17) is 4.42 Å². The Kier molecular flexibility index (Phi) is 4.01. The smallest absolute Gasteiger partial charge is 0.134 e. The van der Waals surface area contributed by atoms with Crippen molar-refractivity contribution in [3.63, 3.8) is 0 Å². The first-order valence-electron chi connectivity index (χ1n) is 11.3. The summed E-state index contributed by atoms with van der Waals surface area (Å²) in [5, 5.41) is 6.30. The van der Waals surface area contributed by atoms with Gasteiger partial charge in [-0.15, -0.1) is 0 Å². The van der Waals surface area contributed by atoms with E-state index in [0.717, 1.165) is 41.5 Å². The Morgan fingerprint density at radius 2 is 1.41 bits per heavy atom. The molecule has 1 aromatic heterocycles. The predicted molar refractivity (Wildman–Crippen MR) is 138 cm³/mol. The van der Waals surface area contributed by atoms with Crippen molar-refractivity contribution in [2.75, 3.05) is 0 Å². The molecule has 0 bridgehead atoms. The van der Waals surface area contributed by atoms with Crippen LogP contribution in [0.5, 0.6) is 0 Å². The number of hydrogen-bond acceptors (Lipinski definition) is 1. The van der Waals surface area contributed by atoms with Crippen LogP contribution in [-0.4, -0.2) is 0 Å². The first-order chi connectivity index (χ1) is 15.8. The zero-order valence-electron chi connectivity index (χ0n) is 17.6. The molecule has 0 fully saturated rings. The lowest BCUT2D eigenvalue weighted by Gasteiger charge is -2.21. The number of aryl methyl sites for hydroxylation is 1. The van der Waals surface area contributed by atoms with Crippen molar-refractivity contribution in [2.45, 2.75) is 25.7 Å². The monoisotopic (exact) mass is 476 g/mol. The number of fused-ring (bicyclic) bond motifs is 6. The summed E-state index contributed by atoms with van der Waals surface area (Å²) in [6.45, 7) is 0. The molecule has 32 heavy (non-hydrogen) atoms. The van der Waals surface area contributed by atoms with Crippen LogP contribution in [0.3, 0.4) is 0 Å². The zero-order valence-corrected chi connectivity index (χ0v) is 19.2. The molecule has 0 spiro atoms. The minimum Gasteiger partial charge on any atom is -0.460 e. The van der Waals surface area contributed by atoms with Gasteiger partial charge in [-0.2, -0.15) is 0 Å². The maximum atomic E-state index is 6.36. The number of halogens is 1. The molecule has 2 aliphatic rings. The summed E-state index contributed by atoms with van der Waals surface area (Å²) in [6, 6.07) is 24.2. The predicted octanol–water partition coefficient (Wildman–Crippen LogP) is 9.22. The molecular weight excluding hydrogens is 456 g/mol. The van der Waals surface area contributed by atoms with Gasteiger partial charge in [-0.05, 0) is 91.1 Å². The summed E-state index contributed by atoms with van der Waals surface area (Å²) < 4.78 is 7.52. The van der Waals surface area contributed by atoms with E-state index >= 15 is 0 Å². The molecule has 0 saturated heterocycles. The van der Waals surface area contributed by atoms with Crippen molar-refractivity contribution in [3.05, 3.63) is 100 Å². The van der Waals surface area contributed by atoms with Crippen LogP contribution in [0.1, 0.15) is 30.6 Å². The molecule has 0 aliphatic heterocycles. The molecule has 4 aromatic carbocycles. The maximum absolute atomic E-state index is 6.36. The molecule has 7 rings (SSSR count). The topological polar surface area (TPSA) is 13.1 Å². The van der Waals surface area contributed by atoms with Crippen LogP contribution in [0.25, 0.3) is 49.2 Å². The largest absolute Gasteiger partial charge is 0.460 e. The first-order valence-corrected chi connectivity index (χ1v) is 12.1. The average molecular weight is 477 g/mol. The Hall–Kier alpha value is -3.10. The molecule has 1 nitrogen and oxygen atoms in total. The second-order valence-corrected chi connectivity index (χ2v) is 9.63. The summed E-state index contributed by atoms with van der Waals surface area (Å²) in [7, 11) is 0. The first kappa shape index (κ1) is 18.5. The van der Waals surface area contributed by atoms with Crippen molar-refractivity contribution in [2.24, 2.45) is 0 Å². The maximum Gasteiger partial charge on any atom is 0.134 e. The molecule has 0 amide bonds. The standard InChI is InChI=1S/C30H21BrO/c31-30-23-11-5-3-9-21(23)28(22-10-4-6-12-24(22)30)19-14-15-26-25(17-19)29-20-8-2-1-7-18(20)13-16-27(29)32-26/h1,3-7,9-12,14-15,17H,2,8,13,16H2. The zero-order chi connectivity index (χ0) is 21.2. The van der Waals surface area contributed by atoms with Crippen molar-refractivity contribution >= 4 is 54.0 Å². The Bertz CT molecular complexity index is 1570. The van der Waals surface area contributed by atoms with Crippen molar-refractivity contribution in [1.29, 1.82) is 0 Å². The number of rotatable bonds is 1. The third kappa shape index (κ3) is 2.56. The highest BCUT2D eigenvalue weighted by molar-refractivity contribution is 9.10. The fourth-order valence-corrected chi connectivity index (χ4v) is 6.37. The summed E-state index contributed by atoms with van der Waals surface area (Å²) in [5.41, 5.74) is 7.90. The average Bonchev–Trinajstić information content (AvgIpc) is 3.23. The molecule has 0 atom stereocenters. The van der Waals surface area contributed by atoms with Gasteiger partial charge in [-0.3, -0.25) is 0 Å². The molecule has 0 unspecified atom stereocenters. The SMILES string of the molecule is Brc1c2ccccc2c(-c2ccc3oc4c(c3c2)C2=C(C=CCC2)CC4)c2ccccc12. The molecule has 0 N–H and O–H groups in total. The lowest BCUT2D eigenvalue weighted by Crippen LogP contribution is -2.04. The Morgan fingerprint density at radius 3 is 2.16 bits per heavy atom. The van der Waals surface area contributed by atoms with Crippen LogP contribution in [0.15, 0.2) is 93.3 Å². The quantitative estimate of drug-likeness (QED) is 0.219. The van der Waals surface area contributed by atoms with Gasteiger partial charge in [0.15, 0.2) is 0 Å². The second kappa shape index (κ2) is 6.95. The normalized spacial score (nSPS) is 15.5. The van der Waals surface area contributed by atoms with Crippen LogP contribution in [0.4, 0.5) is 0 Å². The van der Waals surface area contributed by atoms with Crippen molar-refractivity contribution in [3.8, 4) is 11.1 Å². The van der Waals surface area contributed by atoms with Gasteiger partial charge in [-0.1, -0.05) is 66.7 Å². The van der Waals surface area contributed by atoms with E-state index < -0.39 is 0 Å². The van der Waals surface area contributed by atoms with E-state index in [1.807, 2.05) is 0 Å². The second-order valence-electron chi connectivity index (χ2n) is 8.84. The van der Waals surface area contributed by atoms with Crippen molar-refractivity contribution < 1.29 is 4.42 Å². The summed E-state index contributed by atoms with van der Waals surface area (Å²) in [6.07, 6.45) is 8.96. The highest BCUT2D eigenvalue weighted by Crippen LogP contribution is 2.46. The van der Waals surface area contributed by atoms with E-state index in [1.54, 1.807) is 0 Å². The minimum absolute atomic E-state index is 0.993. The van der Waals surface area contributed by atoms with Gasteiger partial charge < -0.3 is 4.42 Å². The summed E-state index contributed by atoms with van der Waals surface area (Å²) >= 11 is 3.88. The van der Waals surface area contributed by atoms with Gasteiger partial charge in [0.1, 0.15) is 11.3 Å². The van der Waals surface area contributed by atoms with E-state index in [9.17, 15) is 0 Å². The fraction of sp³-hybridized carbons (Fsp3) is 0.133. The van der Waals surface area contributed by atoms with Crippen LogP contribution >= 0.6 is 15.9 Å². The molecular formula is C30H21BrO. The van der Waals surface area contributed by atoms with Crippen LogP contribution in [0.2, 0.25) is 0 Å². The van der Waals surface area contributed by atoms with Gasteiger partial charge >= 0.3 is 0 Å². The molecule has 0 saturated carbocycles. The Labute approximate surface area is 195 Å². The number of furan rings is 1. The number of hydrogen-bond donors (Lipinski definition) is 0. The summed E-state index contributed by atoms with van der Waals surface area (Å²) in [4.78, 5) is 0. The van der Waals surface area contributed by atoms with Gasteiger partial charge in [0.05, 0.1) is 0 Å². The Balaban J connectivity index is 1.57.